The van der Waals surface area contributed by atoms with E-state index in [1.807, 2.05) is 30.3 Å². The smallest absolute Gasteiger partial charge is 0.262 e. The normalized spacial score (nSPS) is 15.6. The molecular weight excluding hydrogens is 298 g/mol. The molecule has 1 fully saturated rings. The summed E-state index contributed by atoms with van der Waals surface area (Å²) in [4.78, 5) is 14.6. The number of hydrogen-bond donors (Lipinski definition) is 1. The summed E-state index contributed by atoms with van der Waals surface area (Å²) in [5, 5.41) is 12.3. The lowest BCUT2D eigenvalue weighted by atomic mass is 9.95. The molecule has 0 radical (unpaired) electrons. The van der Waals surface area contributed by atoms with Gasteiger partial charge in [0.1, 0.15) is 11.6 Å². The van der Waals surface area contributed by atoms with Crippen molar-refractivity contribution in [3.8, 4) is 6.07 Å². The van der Waals surface area contributed by atoms with Crippen molar-refractivity contribution in [2.24, 2.45) is 0 Å². The second-order valence-electron chi connectivity index (χ2n) is 6.24. The fourth-order valence-corrected chi connectivity index (χ4v) is 3.20. The highest BCUT2D eigenvalue weighted by Gasteiger charge is 2.18. The second kappa shape index (κ2) is 9.12. The number of benzene rings is 1. The van der Waals surface area contributed by atoms with Gasteiger partial charge in [-0.2, -0.15) is 5.26 Å². The van der Waals surface area contributed by atoms with Gasteiger partial charge >= 0.3 is 0 Å². The summed E-state index contributed by atoms with van der Waals surface area (Å²) in [6, 6.07) is 10.2. The van der Waals surface area contributed by atoms with Gasteiger partial charge < -0.3 is 10.2 Å². The number of hydrogen-bond acceptors (Lipinski definition) is 3. The van der Waals surface area contributed by atoms with E-state index in [2.05, 4.69) is 24.1 Å². The summed E-state index contributed by atoms with van der Waals surface area (Å²) in [5.74, 6) is -0.253. The SMILES string of the molecule is CCN(CC)c1ccc(C=C(C#N)C(=O)NC2CCCCC2)cc1. The maximum Gasteiger partial charge on any atom is 0.262 e. The zero-order chi connectivity index (χ0) is 17.4. The molecule has 1 aliphatic rings. The predicted molar refractivity (Wildman–Crippen MR) is 98.6 cm³/mol. The Hall–Kier alpha value is -2.28. The topological polar surface area (TPSA) is 56.1 Å². The van der Waals surface area contributed by atoms with Gasteiger partial charge in [-0.3, -0.25) is 4.79 Å². The van der Waals surface area contributed by atoms with Crippen LogP contribution in [-0.4, -0.2) is 25.0 Å². The summed E-state index contributed by atoms with van der Waals surface area (Å²) >= 11 is 0. The summed E-state index contributed by atoms with van der Waals surface area (Å²) in [5.41, 5.74) is 2.21. The molecule has 1 aromatic rings. The van der Waals surface area contributed by atoms with Crippen molar-refractivity contribution >= 4 is 17.7 Å². The highest BCUT2D eigenvalue weighted by molar-refractivity contribution is 6.01. The van der Waals surface area contributed by atoms with Crippen molar-refractivity contribution in [2.45, 2.75) is 52.0 Å². The minimum atomic E-state index is -0.253. The molecule has 1 aliphatic carbocycles. The first kappa shape index (κ1) is 18.1. The first-order valence-electron chi connectivity index (χ1n) is 8.95. The average molecular weight is 325 g/mol. The number of carbonyl (C=O) groups excluding carboxylic acids is 1. The summed E-state index contributed by atoms with van der Waals surface area (Å²) in [6.07, 6.45) is 7.26. The molecule has 1 saturated carbocycles. The van der Waals surface area contributed by atoms with Crippen LogP contribution in [0, 0.1) is 11.3 Å². The van der Waals surface area contributed by atoms with Crippen molar-refractivity contribution in [3.63, 3.8) is 0 Å². The Balaban J connectivity index is 2.06. The lowest BCUT2D eigenvalue weighted by Gasteiger charge is -2.22. The summed E-state index contributed by atoms with van der Waals surface area (Å²) in [6.45, 7) is 6.17. The minimum Gasteiger partial charge on any atom is -0.372 e. The molecule has 24 heavy (non-hydrogen) atoms. The molecule has 0 saturated heterocycles. The van der Waals surface area contributed by atoms with Crippen molar-refractivity contribution in [1.29, 1.82) is 5.26 Å². The van der Waals surface area contributed by atoms with Crippen LogP contribution in [0.5, 0.6) is 0 Å². The van der Waals surface area contributed by atoms with E-state index in [9.17, 15) is 10.1 Å². The molecule has 0 atom stereocenters. The highest BCUT2D eigenvalue weighted by Crippen LogP contribution is 2.19. The van der Waals surface area contributed by atoms with E-state index in [1.54, 1.807) is 6.08 Å². The average Bonchev–Trinajstić information content (AvgIpc) is 2.62. The van der Waals surface area contributed by atoms with Crippen molar-refractivity contribution in [3.05, 3.63) is 35.4 Å². The molecule has 4 nitrogen and oxygen atoms in total. The largest absolute Gasteiger partial charge is 0.372 e. The Morgan fingerprint density at radius 3 is 2.38 bits per heavy atom. The van der Waals surface area contributed by atoms with Crippen LogP contribution >= 0.6 is 0 Å². The van der Waals surface area contributed by atoms with Gasteiger partial charge in [-0.05, 0) is 50.5 Å². The number of rotatable bonds is 6. The van der Waals surface area contributed by atoms with E-state index in [-0.39, 0.29) is 17.5 Å². The summed E-state index contributed by atoms with van der Waals surface area (Å²) < 4.78 is 0. The molecule has 128 valence electrons. The number of nitrogens with zero attached hydrogens (tertiary/aromatic N) is 2. The first-order chi connectivity index (χ1) is 11.7. The molecule has 0 unspecified atom stereocenters. The van der Waals surface area contributed by atoms with Gasteiger partial charge in [-0.1, -0.05) is 31.4 Å². The Morgan fingerprint density at radius 2 is 1.83 bits per heavy atom. The molecule has 1 amide bonds. The van der Waals surface area contributed by atoms with Crippen molar-refractivity contribution < 1.29 is 4.79 Å². The molecular formula is C20H27N3O. The highest BCUT2D eigenvalue weighted by atomic mass is 16.1. The van der Waals surface area contributed by atoms with E-state index in [0.29, 0.717) is 0 Å². The van der Waals surface area contributed by atoms with Gasteiger partial charge in [0.2, 0.25) is 0 Å². The van der Waals surface area contributed by atoms with E-state index in [4.69, 9.17) is 0 Å². The third kappa shape index (κ3) is 4.86. The molecule has 0 aromatic heterocycles. The first-order valence-corrected chi connectivity index (χ1v) is 8.95. The van der Waals surface area contributed by atoms with Crippen LogP contribution in [0.15, 0.2) is 29.8 Å². The second-order valence-corrected chi connectivity index (χ2v) is 6.24. The molecule has 0 heterocycles. The zero-order valence-electron chi connectivity index (χ0n) is 14.7. The van der Waals surface area contributed by atoms with E-state index in [0.717, 1.165) is 50.0 Å². The Bertz CT molecular complexity index is 603. The van der Waals surface area contributed by atoms with E-state index in [1.165, 1.54) is 6.42 Å². The maximum atomic E-state index is 12.3. The fraction of sp³-hybridized carbons (Fsp3) is 0.500. The number of nitriles is 1. The number of anilines is 1. The quantitative estimate of drug-likeness (QED) is 0.638. The summed E-state index contributed by atoms with van der Waals surface area (Å²) in [7, 11) is 0. The molecule has 1 aromatic carbocycles. The Labute approximate surface area is 145 Å². The van der Waals surface area contributed by atoms with Crippen LogP contribution in [0.3, 0.4) is 0 Å². The van der Waals surface area contributed by atoms with E-state index >= 15 is 0 Å². The van der Waals surface area contributed by atoms with Gasteiger partial charge in [0, 0.05) is 24.8 Å². The van der Waals surface area contributed by atoms with Crippen LogP contribution in [0.1, 0.15) is 51.5 Å². The van der Waals surface area contributed by atoms with Crippen LogP contribution < -0.4 is 10.2 Å². The van der Waals surface area contributed by atoms with Crippen LogP contribution in [0.2, 0.25) is 0 Å². The number of carbonyl (C=O) groups is 1. The van der Waals surface area contributed by atoms with Crippen molar-refractivity contribution in [1.82, 2.24) is 5.32 Å². The molecule has 0 spiro atoms. The van der Waals surface area contributed by atoms with Gasteiger partial charge in [-0.25, -0.2) is 0 Å². The predicted octanol–water partition coefficient (Wildman–Crippen LogP) is 3.89. The maximum absolute atomic E-state index is 12.3. The van der Waals surface area contributed by atoms with Crippen LogP contribution in [0.4, 0.5) is 5.69 Å². The van der Waals surface area contributed by atoms with E-state index < -0.39 is 0 Å². The van der Waals surface area contributed by atoms with Crippen LogP contribution in [-0.2, 0) is 4.79 Å². The lowest BCUT2D eigenvalue weighted by Crippen LogP contribution is -2.36. The van der Waals surface area contributed by atoms with Crippen LogP contribution in [0.25, 0.3) is 6.08 Å². The third-order valence-electron chi connectivity index (χ3n) is 4.64. The standard InChI is InChI=1S/C20H27N3O/c1-3-23(4-2)19-12-10-16(11-13-19)14-17(15-21)20(24)22-18-8-6-5-7-9-18/h10-14,18H,3-9H2,1-2H3,(H,22,24). The monoisotopic (exact) mass is 325 g/mol. The minimum absolute atomic E-state index is 0.177. The molecule has 4 heteroatoms. The lowest BCUT2D eigenvalue weighted by molar-refractivity contribution is -0.117. The van der Waals surface area contributed by atoms with Gasteiger partial charge in [-0.15, -0.1) is 0 Å². The zero-order valence-corrected chi connectivity index (χ0v) is 14.7. The fourth-order valence-electron chi connectivity index (χ4n) is 3.20. The van der Waals surface area contributed by atoms with Gasteiger partial charge in [0.25, 0.3) is 5.91 Å². The number of nitrogens with one attached hydrogen (secondary N) is 1. The Morgan fingerprint density at radius 1 is 1.21 bits per heavy atom. The Kier molecular flexibility index (Phi) is 6.87. The number of amides is 1. The molecule has 2 rings (SSSR count). The van der Waals surface area contributed by atoms with Gasteiger partial charge in [0.05, 0.1) is 0 Å². The third-order valence-corrected chi connectivity index (χ3v) is 4.64. The van der Waals surface area contributed by atoms with Gasteiger partial charge in [0.15, 0.2) is 0 Å². The molecule has 0 bridgehead atoms. The van der Waals surface area contributed by atoms with Crippen molar-refractivity contribution in [2.75, 3.05) is 18.0 Å². The molecule has 1 N–H and O–H groups in total. The molecule has 0 aliphatic heterocycles.